The molecule has 1 aromatic carbocycles. The first kappa shape index (κ1) is 10.2. The molecule has 1 aromatic rings. The average Bonchev–Trinajstić information content (AvgIpc) is 2.98. The molecule has 0 radical (unpaired) electrons. The third-order valence-electron chi connectivity index (χ3n) is 4.00. The summed E-state index contributed by atoms with van der Waals surface area (Å²) in [4.78, 5) is 0. The highest BCUT2D eigenvalue weighted by atomic mass is 16.5. The number of benzene rings is 1. The molecule has 16 heavy (non-hydrogen) atoms. The second kappa shape index (κ2) is 4.10. The fraction of sp³-hybridized carbons (Fsp3) is 0.571. The maximum Gasteiger partial charge on any atom is 0.122 e. The zero-order valence-electron chi connectivity index (χ0n) is 9.88. The Hall–Kier alpha value is -1.02. The summed E-state index contributed by atoms with van der Waals surface area (Å²) in [5, 5.41) is 3.46. The van der Waals surface area contributed by atoms with E-state index in [1.54, 1.807) is 18.2 Å². The smallest absolute Gasteiger partial charge is 0.122 e. The number of hydrogen-bond acceptors (Lipinski definition) is 2. The Bertz CT molecular complexity index is 394. The molecule has 1 saturated heterocycles. The summed E-state index contributed by atoms with van der Waals surface area (Å²) in [6.07, 6.45) is 5.03. The van der Waals surface area contributed by atoms with Gasteiger partial charge in [0.2, 0.25) is 0 Å². The van der Waals surface area contributed by atoms with Crippen molar-refractivity contribution in [2.24, 2.45) is 0 Å². The lowest BCUT2D eigenvalue weighted by Gasteiger charge is -2.16. The summed E-state index contributed by atoms with van der Waals surface area (Å²) < 4.78 is 5.46. The molecule has 1 heterocycles. The maximum absolute atomic E-state index is 5.46. The molecule has 1 aliphatic heterocycles. The van der Waals surface area contributed by atoms with Gasteiger partial charge in [0.1, 0.15) is 5.75 Å². The molecule has 2 aliphatic rings. The fourth-order valence-corrected chi connectivity index (χ4v) is 3.19. The molecule has 1 unspecified atom stereocenters. The summed E-state index contributed by atoms with van der Waals surface area (Å²) >= 11 is 0. The van der Waals surface area contributed by atoms with Crippen LogP contribution in [0.3, 0.4) is 0 Å². The molecule has 0 aromatic heterocycles. The van der Waals surface area contributed by atoms with Crippen LogP contribution in [0.15, 0.2) is 12.1 Å². The van der Waals surface area contributed by atoms with Gasteiger partial charge in [0.05, 0.1) is 7.11 Å². The summed E-state index contributed by atoms with van der Waals surface area (Å²) in [7, 11) is 1.78. The van der Waals surface area contributed by atoms with Crippen LogP contribution < -0.4 is 10.1 Å². The molecule has 2 nitrogen and oxygen atoms in total. The van der Waals surface area contributed by atoms with Crippen LogP contribution in [0.2, 0.25) is 0 Å². The van der Waals surface area contributed by atoms with E-state index in [1.165, 1.54) is 37.8 Å². The number of rotatable bonds is 2. The molecule has 1 atom stereocenters. The zero-order chi connectivity index (χ0) is 11.0. The lowest BCUT2D eigenvalue weighted by molar-refractivity contribution is 0.410. The standard InChI is InChI=1S/C14H19NO/c1-16-14-6-5-11(10-7-8-15-9-10)12-3-2-4-13(12)14/h5-6,10,15H,2-4,7-9H2,1H3. The molecule has 1 N–H and O–H groups in total. The molecule has 1 fully saturated rings. The van der Waals surface area contributed by atoms with Gasteiger partial charge in [-0.3, -0.25) is 0 Å². The van der Waals surface area contributed by atoms with E-state index in [9.17, 15) is 0 Å². The van der Waals surface area contributed by atoms with E-state index in [1.807, 2.05) is 0 Å². The molecule has 2 heteroatoms. The highest BCUT2D eigenvalue weighted by Crippen LogP contribution is 2.37. The van der Waals surface area contributed by atoms with E-state index in [-0.39, 0.29) is 0 Å². The predicted molar refractivity (Wildman–Crippen MR) is 65.2 cm³/mol. The number of nitrogens with one attached hydrogen (secondary N) is 1. The van der Waals surface area contributed by atoms with Gasteiger partial charge in [-0.2, -0.15) is 0 Å². The van der Waals surface area contributed by atoms with Crippen LogP contribution in [0.1, 0.15) is 35.4 Å². The molecular formula is C14H19NO. The van der Waals surface area contributed by atoms with E-state index in [0.717, 1.165) is 18.2 Å². The van der Waals surface area contributed by atoms with E-state index < -0.39 is 0 Å². The molecular weight excluding hydrogens is 198 g/mol. The fourth-order valence-electron chi connectivity index (χ4n) is 3.19. The summed E-state index contributed by atoms with van der Waals surface area (Å²) in [6.45, 7) is 2.32. The minimum absolute atomic E-state index is 0.734. The van der Waals surface area contributed by atoms with Gasteiger partial charge >= 0.3 is 0 Å². The minimum atomic E-state index is 0.734. The molecule has 86 valence electrons. The summed E-state index contributed by atoms with van der Waals surface area (Å²) in [5.41, 5.74) is 4.65. The van der Waals surface area contributed by atoms with Crippen molar-refractivity contribution in [3.63, 3.8) is 0 Å². The van der Waals surface area contributed by atoms with Crippen molar-refractivity contribution in [3.05, 3.63) is 28.8 Å². The Morgan fingerprint density at radius 2 is 2.12 bits per heavy atom. The van der Waals surface area contributed by atoms with Crippen LogP contribution in [0.4, 0.5) is 0 Å². The van der Waals surface area contributed by atoms with Crippen molar-refractivity contribution in [1.29, 1.82) is 0 Å². The molecule has 0 saturated carbocycles. The topological polar surface area (TPSA) is 21.3 Å². The van der Waals surface area contributed by atoms with Crippen molar-refractivity contribution in [2.45, 2.75) is 31.6 Å². The first-order chi connectivity index (χ1) is 7.90. The highest BCUT2D eigenvalue weighted by Gasteiger charge is 2.25. The van der Waals surface area contributed by atoms with Gasteiger partial charge in [-0.25, -0.2) is 0 Å². The Balaban J connectivity index is 2.03. The Morgan fingerprint density at radius 1 is 1.25 bits per heavy atom. The van der Waals surface area contributed by atoms with Crippen molar-refractivity contribution in [3.8, 4) is 5.75 Å². The summed E-state index contributed by atoms with van der Waals surface area (Å²) in [6, 6.07) is 4.46. The highest BCUT2D eigenvalue weighted by molar-refractivity contribution is 5.49. The molecule has 0 spiro atoms. The minimum Gasteiger partial charge on any atom is -0.496 e. The molecule has 0 bridgehead atoms. The Kier molecular flexibility index (Phi) is 2.60. The Morgan fingerprint density at radius 3 is 2.88 bits per heavy atom. The SMILES string of the molecule is COc1ccc(C2CCNC2)c2c1CCC2. The van der Waals surface area contributed by atoms with E-state index in [4.69, 9.17) is 4.74 Å². The third kappa shape index (κ3) is 1.52. The van der Waals surface area contributed by atoms with Gasteiger partial charge in [0.25, 0.3) is 0 Å². The number of ether oxygens (including phenoxy) is 1. The van der Waals surface area contributed by atoms with Gasteiger partial charge in [-0.05, 0) is 60.9 Å². The number of fused-ring (bicyclic) bond motifs is 1. The first-order valence-electron chi connectivity index (χ1n) is 6.29. The zero-order valence-corrected chi connectivity index (χ0v) is 9.88. The van der Waals surface area contributed by atoms with Crippen molar-refractivity contribution in [2.75, 3.05) is 20.2 Å². The second-order valence-corrected chi connectivity index (χ2v) is 4.86. The molecule has 0 amide bonds. The van der Waals surface area contributed by atoms with Gasteiger partial charge in [-0.15, -0.1) is 0 Å². The normalized spacial score (nSPS) is 23.4. The largest absolute Gasteiger partial charge is 0.496 e. The van der Waals surface area contributed by atoms with E-state index >= 15 is 0 Å². The van der Waals surface area contributed by atoms with Crippen LogP contribution in [0.25, 0.3) is 0 Å². The molecule has 1 aliphatic carbocycles. The van der Waals surface area contributed by atoms with Crippen LogP contribution in [0, 0.1) is 0 Å². The number of methoxy groups -OCH3 is 1. The quantitative estimate of drug-likeness (QED) is 0.820. The maximum atomic E-state index is 5.46. The van der Waals surface area contributed by atoms with Gasteiger partial charge in [-0.1, -0.05) is 6.07 Å². The molecule has 3 rings (SSSR count). The van der Waals surface area contributed by atoms with Gasteiger partial charge in [0, 0.05) is 6.54 Å². The lowest BCUT2D eigenvalue weighted by Crippen LogP contribution is -2.09. The van der Waals surface area contributed by atoms with Crippen LogP contribution in [-0.4, -0.2) is 20.2 Å². The monoisotopic (exact) mass is 217 g/mol. The number of hydrogen-bond donors (Lipinski definition) is 1. The van der Waals surface area contributed by atoms with Crippen molar-refractivity contribution < 1.29 is 4.74 Å². The average molecular weight is 217 g/mol. The summed E-state index contributed by atoms with van der Waals surface area (Å²) in [5.74, 6) is 1.83. The van der Waals surface area contributed by atoms with Crippen molar-refractivity contribution >= 4 is 0 Å². The first-order valence-corrected chi connectivity index (χ1v) is 6.29. The van der Waals surface area contributed by atoms with Crippen LogP contribution in [0.5, 0.6) is 5.75 Å². The van der Waals surface area contributed by atoms with Gasteiger partial charge < -0.3 is 10.1 Å². The Labute approximate surface area is 97.0 Å². The van der Waals surface area contributed by atoms with Crippen LogP contribution in [-0.2, 0) is 12.8 Å². The third-order valence-corrected chi connectivity index (χ3v) is 4.00. The lowest BCUT2D eigenvalue weighted by atomic mass is 9.91. The predicted octanol–water partition coefficient (Wildman–Crippen LogP) is 2.26. The van der Waals surface area contributed by atoms with E-state index in [0.29, 0.717) is 0 Å². The van der Waals surface area contributed by atoms with Gasteiger partial charge in [0.15, 0.2) is 0 Å². The van der Waals surface area contributed by atoms with Crippen molar-refractivity contribution in [1.82, 2.24) is 5.32 Å². The second-order valence-electron chi connectivity index (χ2n) is 4.86. The van der Waals surface area contributed by atoms with Crippen LogP contribution >= 0.6 is 0 Å². The van der Waals surface area contributed by atoms with E-state index in [2.05, 4.69) is 17.4 Å².